The monoisotopic (exact) mass is 603 g/mol. The van der Waals surface area contributed by atoms with E-state index in [-0.39, 0.29) is 36.8 Å². The third-order valence-corrected chi connectivity index (χ3v) is 10.0. The molecule has 0 radical (unpaired) electrons. The molecule has 2 aromatic carbocycles. The van der Waals surface area contributed by atoms with E-state index < -0.39 is 35.6 Å². The Kier molecular flexibility index (Phi) is 7.96. The molecule has 1 spiro atoms. The van der Waals surface area contributed by atoms with Gasteiger partial charge in [-0.15, -0.1) is 0 Å². The highest BCUT2D eigenvalue weighted by Crippen LogP contribution is 2.55. The zero-order chi connectivity index (χ0) is 30.5. The summed E-state index contributed by atoms with van der Waals surface area (Å²) in [4.78, 5) is 48.7. The van der Waals surface area contributed by atoms with Gasteiger partial charge in [0.2, 0.25) is 11.8 Å². The average Bonchev–Trinajstić information content (AvgIpc) is 3.32. The number of fused-ring (bicyclic) bond motifs is 2. The summed E-state index contributed by atoms with van der Waals surface area (Å²) in [5, 5.41) is 11.1. The van der Waals surface area contributed by atoms with Crippen LogP contribution in [0.25, 0.3) is 0 Å². The van der Waals surface area contributed by atoms with Gasteiger partial charge >= 0.3 is 0 Å². The van der Waals surface area contributed by atoms with E-state index in [4.69, 9.17) is 16.3 Å². The van der Waals surface area contributed by atoms with Crippen molar-refractivity contribution in [3.8, 4) is 0 Å². The third kappa shape index (κ3) is 4.71. The predicted octanol–water partition coefficient (Wildman–Crippen LogP) is 4.14. The summed E-state index contributed by atoms with van der Waals surface area (Å²) >= 11 is 6.65. The number of aryl methyl sites for hydroxylation is 1. The lowest BCUT2D eigenvalue weighted by molar-refractivity contribution is -0.148. The Morgan fingerprint density at radius 1 is 1.02 bits per heavy atom. The molecule has 8 nitrogen and oxygen atoms in total. The van der Waals surface area contributed by atoms with E-state index in [1.54, 1.807) is 15.9 Å². The minimum Gasteiger partial charge on any atom is -0.394 e. The van der Waals surface area contributed by atoms with E-state index in [0.29, 0.717) is 30.2 Å². The minimum absolute atomic E-state index is 0.101. The number of hydrogen-bond donors (Lipinski definition) is 1. The van der Waals surface area contributed by atoms with Gasteiger partial charge in [0, 0.05) is 19.6 Å². The fraction of sp³-hybridized carbons (Fsp3) is 0.441. The highest BCUT2D eigenvalue weighted by atomic mass is 35.5. The average molecular weight is 604 g/mol. The van der Waals surface area contributed by atoms with Gasteiger partial charge in [0.15, 0.2) is 0 Å². The van der Waals surface area contributed by atoms with Gasteiger partial charge < -0.3 is 24.5 Å². The second-order valence-electron chi connectivity index (χ2n) is 12.1. The van der Waals surface area contributed by atoms with Crippen LogP contribution in [0.2, 0.25) is 5.02 Å². The number of carbonyl (C=O) groups excluding carboxylic acids is 3. The second-order valence-corrected chi connectivity index (χ2v) is 12.5. The zero-order valence-corrected chi connectivity index (χ0v) is 25.5. The van der Waals surface area contributed by atoms with Crippen LogP contribution in [0.4, 0.5) is 5.69 Å². The van der Waals surface area contributed by atoms with Gasteiger partial charge in [-0.25, -0.2) is 0 Å². The third-order valence-electron chi connectivity index (χ3n) is 9.70. The van der Waals surface area contributed by atoms with Crippen molar-refractivity contribution in [3.63, 3.8) is 0 Å². The van der Waals surface area contributed by atoms with E-state index in [0.717, 1.165) is 11.1 Å². The van der Waals surface area contributed by atoms with Crippen molar-refractivity contribution in [2.45, 2.75) is 57.5 Å². The molecule has 4 aliphatic heterocycles. The molecule has 2 saturated heterocycles. The summed E-state index contributed by atoms with van der Waals surface area (Å²) in [6.45, 7) is 6.56. The lowest BCUT2D eigenvalue weighted by Gasteiger charge is -2.40. The first kappa shape index (κ1) is 29.6. The van der Waals surface area contributed by atoms with Crippen molar-refractivity contribution in [3.05, 3.63) is 89.0 Å². The predicted molar refractivity (Wildman–Crippen MR) is 164 cm³/mol. The van der Waals surface area contributed by atoms with E-state index in [2.05, 4.69) is 0 Å². The maximum atomic E-state index is 14.8. The van der Waals surface area contributed by atoms with Crippen molar-refractivity contribution >= 4 is 35.0 Å². The number of nitrogens with zero attached hydrogens (tertiary/aromatic N) is 3. The zero-order valence-electron chi connectivity index (χ0n) is 24.7. The number of anilines is 1. The SMILES string of the molecule is CC[C@H](C)[C@H](CO)N1C(=O)[C@@H]2[C@H]3C(=O)N(Cc4ccccc4)CC=C[C@H]3O[C@@]23C=CCN(c2c(C)cccc2Cl)C(=O)C13. The summed E-state index contributed by atoms with van der Waals surface area (Å²) in [5.41, 5.74) is 1.00. The fourth-order valence-corrected chi connectivity index (χ4v) is 7.74. The number of hydrogen-bond acceptors (Lipinski definition) is 5. The van der Waals surface area contributed by atoms with Crippen LogP contribution in [0.15, 0.2) is 72.8 Å². The van der Waals surface area contributed by atoms with Crippen LogP contribution in [0.3, 0.4) is 0 Å². The summed E-state index contributed by atoms with van der Waals surface area (Å²) < 4.78 is 6.79. The summed E-state index contributed by atoms with van der Waals surface area (Å²) in [7, 11) is 0. The smallest absolute Gasteiger partial charge is 0.253 e. The molecule has 7 atom stereocenters. The first-order chi connectivity index (χ1) is 20.7. The Balaban J connectivity index is 1.46. The number of halogens is 1. The number of benzene rings is 2. The molecular weight excluding hydrogens is 566 g/mol. The molecule has 0 saturated carbocycles. The summed E-state index contributed by atoms with van der Waals surface area (Å²) in [6.07, 6.45) is 7.48. The quantitative estimate of drug-likeness (QED) is 0.481. The Bertz CT molecular complexity index is 1460. The molecule has 4 aliphatic rings. The Morgan fingerprint density at radius 2 is 1.79 bits per heavy atom. The lowest BCUT2D eigenvalue weighted by Crippen LogP contribution is -2.59. The second kappa shape index (κ2) is 11.6. The standard InChI is InChI=1S/C34H38ClN3O5/c1-4-21(2)25(20-39)38-30-33(42)37(29-22(3)11-8-14-24(29)35)18-10-16-34(30)28(32(38)41)27-26(43-34)15-9-17-36(31(27)40)19-23-12-6-5-7-13-23/h5-16,21,25-28,30,39H,4,17-20H2,1-3H3/t21-,25-,26+,27-,28-,30?,34-/m0/s1. The van der Waals surface area contributed by atoms with Gasteiger partial charge in [0.25, 0.3) is 5.91 Å². The van der Waals surface area contributed by atoms with Crippen LogP contribution < -0.4 is 4.90 Å². The number of ether oxygens (including phenoxy) is 1. The largest absolute Gasteiger partial charge is 0.394 e. The molecule has 6 rings (SSSR count). The van der Waals surface area contributed by atoms with Crippen molar-refractivity contribution in [1.82, 2.24) is 9.80 Å². The van der Waals surface area contributed by atoms with Crippen LogP contribution in [-0.2, 0) is 25.7 Å². The lowest BCUT2D eigenvalue weighted by atomic mass is 9.77. The van der Waals surface area contributed by atoms with Gasteiger partial charge in [0.05, 0.1) is 41.3 Å². The van der Waals surface area contributed by atoms with E-state index in [1.807, 2.05) is 87.5 Å². The van der Waals surface area contributed by atoms with Crippen molar-refractivity contribution in [1.29, 1.82) is 0 Å². The molecule has 43 heavy (non-hydrogen) atoms. The van der Waals surface area contributed by atoms with Gasteiger partial charge in [0.1, 0.15) is 11.6 Å². The van der Waals surface area contributed by atoms with Gasteiger partial charge in [-0.3, -0.25) is 14.4 Å². The molecule has 0 aliphatic carbocycles. The minimum atomic E-state index is -1.38. The number of para-hydroxylation sites is 1. The van der Waals surface area contributed by atoms with Gasteiger partial charge in [-0.1, -0.05) is 98.6 Å². The van der Waals surface area contributed by atoms with Crippen LogP contribution in [0.1, 0.15) is 31.4 Å². The van der Waals surface area contributed by atoms with Gasteiger partial charge in [-0.2, -0.15) is 0 Å². The number of rotatable bonds is 7. The first-order valence-corrected chi connectivity index (χ1v) is 15.5. The molecule has 0 aromatic heterocycles. The molecule has 226 valence electrons. The van der Waals surface area contributed by atoms with Crippen LogP contribution in [0, 0.1) is 24.7 Å². The molecule has 2 aromatic rings. The maximum Gasteiger partial charge on any atom is 0.253 e. The highest BCUT2D eigenvalue weighted by molar-refractivity contribution is 6.34. The normalized spacial score (nSPS) is 29.7. The van der Waals surface area contributed by atoms with E-state index in [1.165, 1.54) is 4.90 Å². The number of carbonyl (C=O) groups is 3. The van der Waals surface area contributed by atoms with E-state index in [9.17, 15) is 19.5 Å². The first-order valence-electron chi connectivity index (χ1n) is 15.1. The molecule has 3 amide bonds. The molecule has 4 heterocycles. The van der Waals surface area contributed by atoms with Crippen molar-refractivity contribution in [2.75, 3.05) is 24.6 Å². The highest BCUT2D eigenvalue weighted by Gasteiger charge is 2.72. The maximum absolute atomic E-state index is 14.8. The van der Waals surface area contributed by atoms with Crippen molar-refractivity contribution < 1.29 is 24.2 Å². The molecular formula is C34H38ClN3O5. The Labute approximate surface area is 257 Å². The Hall–Kier alpha value is -3.46. The number of aliphatic hydroxyl groups excluding tert-OH is 1. The summed E-state index contributed by atoms with van der Waals surface area (Å²) in [6, 6.07) is 13.5. The van der Waals surface area contributed by atoms with Crippen LogP contribution in [-0.4, -0.2) is 76.1 Å². The molecule has 0 bridgehead atoms. The van der Waals surface area contributed by atoms with Gasteiger partial charge in [-0.05, 0) is 30.0 Å². The topological polar surface area (TPSA) is 90.4 Å². The van der Waals surface area contributed by atoms with E-state index >= 15 is 0 Å². The van der Waals surface area contributed by atoms with Crippen LogP contribution in [0.5, 0.6) is 0 Å². The molecule has 1 unspecified atom stereocenters. The van der Waals surface area contributed by atoms with Crippen molar-refractivity contribution in [2.24, 2.45) is 17.8 Å². The number of aliphatic hydroxyl groups is 1. The number of amides is 3. The van der Waals surface area contributed by atoms with Crippen LogP contribution >= 0.6 is 11.6 Å². The Morgan fingerprint density at radius 3 is 2.49 bits per heavy atom. The molecule has 9 heteroatoms. The molecule has 2 fully saturated rings. The molecule has 1 N–H and O–H groups in total. The fourth-order valence-electron chi connectivity index (χ4n) is 7.41. The summed E-state index contributed by atoms with van der Waals surface area (Å²) in [5.74, 6) is -2.70. The number of likely N-dealkylation sites (tertiary alicyclic amines) is 1.